The Morgan fingerprint density at radius 2 is 1.45 bits per heavy atom. The fourth-order valence-corrected chi connectivity index (χ4v) is 1.92. The Morgan fingerprint density at radius 1 is 1.18 bits per heavy atom. The fourth-order valence-electron chi connectivity index (χ4n) is 1.04. The van der Waals surface area contributed by atoms with E-state index in [-0.39, 0.29) is 27.3 Å². The average molecular weight is 385 g/mol. The Balaban J connectivity index is 0. The maximum atomic E-state index is 4.96. The molecule has 0 saturated carbocycles. The molecule has 0 N–H and O–H groups in total. The summed E-state index contributed by atoms with van der Waals surface area (Å²) in [6.07, 6.45) is 0. The van der Waals surface area contributed by atoms with Crippen LogP contribution >= 0.6 is 24.8 Å². The molecule has 0 amide bonds. The van der Waals surface area contributed by atoms with Gasteiger partial charge in [0.25, 0.3) is 0 Å². The molecule has 0 aromatic carbocycles. The van der Waals surface area contributed by atoms with Gasteiger partial charge in [-0.2, -0.15) is 0 Å². The van der Waals surface area contributed by atoms with E-state index in [4.69, 9.17) is 12.2 Å². The number of hydrogen-bond donors (Lipinski definition) is 1. The van der Waals surface area contributed by atoms with Gasteiger partial charge in [0.2, 0.25) is 0 Å². The van der Waals surface area contributed by atoms with E-state index in [1.54, 1.807) is 0 Å². The molecule has 64 valence electrons. The molecule has 0 aromatic rings. The predicted molar refractivity (Wildman–Crippen MR) is 59.4 cm³/mol. The van der Waals surface area contributed by atoms with Crippen molar-refractivity contribution >= 4 is 56.5 Å². The number of rotatable bonds is 2. The Labute approximate surface area is 100 Å². The summed E-state index contributed by atoms with van der Waals surface area (Å²) in [5.41, 5.74) is 0. The molecule has 0 atom stereocenters. The van der Waals surface area contributed by atoms with Crippen LogP contribution in [0.1, 0.15) is 27.7 Å². The van der Waals surface area contributed by atoms with Crippen molar-refractivity contribution in [2.75, 3.05) is 0 Å². The molecule has 0 aliphatic rings. The summed E-state index contributed by atoms with van der Waals surface area (Å²) in [4.78, 5) is 2.10. The van der Waals surface area contributed by atoms with Crippen LogP contribution in [0, 0.1) is 0 Å². The molecule has 1 nitrogen and oxygen atoms in total. The van der Waals surface area contributed by atoms with Gasteiger partial charge in [-0.3, -0.25) is 0 Å². The van der Waals surface area contributed by atoms with E-state index in [0.717, 1.165) is 0 Å². The third kappa shape index (κ3) is 5.41. The number of nitrogens with zero attached hydrogens (tertiary/aromatic N) is 1. The summed E-state index contributed by atoms with van der Waals surface area (Å²) in [5.74, 6) is 0. The Bertz CT molecular complexity index is 118. The van der Waals surface area contributed by atoms with E-state index < -0.39 is 0 Å². The fraction of sp³-hybridized carbons (Fsp3) is 0.857. The minimum absolute atomic E-state index is 0. The Kier molecular flexibility index (Phi) is 8.88. The summed E-state index contributed by atoms with van der Waals surface area (Å²) in [6.45, 7) is 8.45. The van der Waals surface area contributed by atoms with Crippen molar-refractivity contribution in [3.63, 3.8) is 0 Å². The van der Waals surface area contributed by atoms with E-state index in [2.05, 4.69) is 45.2 Å². The maximum Gasteiger partial charge on any atom is 0.133 e. The largest absolute Gasteiger partial charge is 0.353 e. The van der Waals surface area contributed by atoms with Gasteiger partial charge in [0.1, 0.15) is 4.32 Å². The van der Waals surface area contributed by atoms with Gasteiger partial charge >= 0.3 is 0 Å². The van der Waals surface area contributed by atoms with Crippen LogP contribution < -0.4 is 0 Å². The molecule has 0 saturated heterocycles. The Hall–Kier alpha value is 1.16. The predicted octanol–water partition coefficient (Wildman–Crippen LogP) is 1.94. The second-order valence-corrected chi connectivity index (χ2v) is 3.99. The van der Waals surface area contributed by atoms with Crippen molar-refractivity contribution in [2.24, 2.45) is 0 Å². The average Bonchev–Trinajstić information content (AvgIpc) is 1.59. The molecule has 0 aliphatic heterocycles. The van der Waals surface area contributed by atoms with Gasteiger partial charge in [-0.1, -0.05) is 12.2 Å². The van der Waals surface area contributed by atoms with Crippen molar-refractivity contribution in [3.05, 3.63) is 0 Å². The molecule has 0 spiro atoms. The molecule has 11 heavy (non-hydrogen) atoms. The van der Waals surface area contributed by atoms with Gasteiger partial charge in [-0.15, -0.1) is 12.6 Å². The first-order valence-corrected chi connectivity index (χ1v) is 4.33. The summed E-state index contributed by atoms with van der Waals surface area (Å²) >= 11 is 9.09. The molecule has 0 bridgehead atoms. The molecular formula is C7H15NPbS2. The second kappa shape index (κ2) is 6.65. The minimum atomic E-state index is 0. The van der Waals surface area contributed by atoms with Crippen LogP contribution in [0.15, 0.2) is 0 Å². The molecule has 0 unspecified atom stereocenters. The normalized spacial score (nSPS) is 9.73. The molecule has 0 aliphatic carbocycles. The summed E-state index contributed by atoms with van der Waals surface area (Å²) < 4.78 is 0.685. The van der Waals surface area contributed by atoms with Gasteiger partial charge in [0.05, 0.1) is 0 Å². The first-order chi connectivity index (χ1) is 4.46. The number of hydrogen-bond acceptors (Lipinski definition) is 1. The summed E-state index contributed by atoms with van der Waals surface area (Å²) in [6, 6.07) is 0.898. The zero-order chi connectivity index (χ0) is 8.31. The smallest absolute Gasteiger partial charge is 0.133 e. The number of thiocarbonyl (C=S) groups is 1. The molecule has 0 fully saturated rings. The van der Waals surface area contributed by atoms with Crippen molar-refractivity contribution in [1.82, 2.24) is 4.90 Å². The van der Waals surface area contributed by atoms with Crippen LogP contribution in [0.2, 0.25) is 0 Å². The van der Waals surface area contributed by atoms with Crippen LogP contribution in [-0.2, 0) is 0 Å². The molecule has 4 radical (unpaired) electrons. The standard InChI is InChI=1S/C7H15NS2.Pb/c1-5(2)8(6(3)4)7(9)10;/h5-6H,1-4H3,(H,9,10);. The van der Waals surface area contributed by atoms with Crippen molar-refractivity contribution in [2.45, 2.75) is 39.8 Å². The van der Waals surface area contributed by atoms with E-state index in [1.165, 1.54) is 0 Å². The van der Waals surface area contributed by atoms with Gasteiger partial charge in [0.15, 0.2) is 0 Å². The second-order valence-electron chi connectivity index (χ2n) is 2.88. The van der Waals surface area contributed by atoms with E-state index in [1.807, 2.05) is 0 Å². The monoisotopic (exact) mass is 385 g/mol. The zero-order valence-electron chi connectivity index (χ0n) is 7.46. The zero-order valence-corrected chi connectivity index (χ0v) is 13.1. The van der Waals surface area contributed by atoms with Crippen LogP contribution in [0.25, 0.3) is 0 Å². The van der Waals surface area contributed by atoms with Gasteiger partial charge in [0, 0.05) is 39.4 Å². The van der Waals surface area contributed by atoms with Crippen molar-refractivity contribution in [3.8, 4) is 0 Å². The minimum Gasteiger partial charge on any atom is -0.353 e. The van der Waals surface area contributed by atoms with Gasteiger partial charge in [-0.25, -0.2) is 0 Å². The third-order valence-corrected chi connectivity index (χ3v) is 1.78. The quantitative estimate of drug-likeness (QED) is 0.440. The van der Waals surface area contributed by atoms with Crippen LogP contribution in [0.5, 0.6) is 0 Å². The van der Waals surface area contributed by atoms with Crippen LogP contribution in [0.3, 0.4) is 0 Å². The summed E-state index contributed by atoms with van der Waals surface area (Å²) in [7, 11) is 0. The van der Waals surface area contributed by atoms with Crippen molar-refractivity contribution < 1.29 is 0 Å². The Morgan fingerprint density at radius 3 is 1.45 bits per heavy atom. The SMILES string of the molecule is CC(C)N(C(=S)S)C(C)C.[Pb]. The summed E-state index contributed by atoms with van der Waals surface area (Å²) in [5, 5.41) is 0. The van der Waals surface area contributed by atoms with Crippen LogP contribution in [-0.4, -0.2) is 48.6 Å². The molecule has 4 heteroatoms. The number of thiol groups is 1. The van der Waals surface area contributed by atoms with E-state index in [9.17, 15) is 0 Å². The van der Waals surface area contributed by atoms with Crippen molar-refractivity contribution in [1.29, 1.82) is 0 Å². The third-order valence-electron chi connectivity index (χ3n) is 1.33. The first kappa shape index (κ1) is 14.7. The van der Waals surface area contributed by atoms with E-state index >= 15 is 0 Å². The van der Waals surface area contributed by atoms with E-state index in [0.29, 0.717) is 16.4 Å². The molecule has 0 aromatic heterocycles. The van der Waals surface area contributed by atoms with Crippen LogP contribution in [0.4, 0.5) is 0 Å². The van der Waals surface area contributed by atoms with Gasteiger partial charge in [-0.05, 0) is 27.7 Å². The molecular weight excluding hydrogens is 369 g/mol. The maximum absolute atomic E-state index is 4.96. The molecule has 0 rings (SSSR count). The molecule has 0 heterocycles. The van der Waals surface area contributed by atoms with Gasteiger partial charge < -0.3 is 4.90 Å². The topological polar surface area (TPSA) is 3.24 Å². The first-order valence-electron chi connectivity index (χ1n) is 3.48.